The highest BCUT2D eigenvalue weighted by Gasteiger charge is 2.43. The number of alkyl halides is 1. The van der Waals surface area contributed by atoms with Crippen LogP contribution in [-0.4, -0.2) is 37.4 Å². The molecular formula is C24H23ClF2N2O4. The number of carbonyl (C=O) groups is 1. The Labute approximate surface area is 195 Å². The van der Waals surface area contributed by atoms with Crippen LogP contribution in [0.5, 0.6) is 17.2 Å². The fourth-order valence-corrected chi connectivity index (χ4v) is 3.82. The van der Waals surface area contributed by atoms with Crippen LogP contribution in [0.3, 0.4) is 0 Å². The number of benzene rings is 2. The topological polar surface area (TPSA) is 69.2 Å². The molecule has 9 heteroatoms. The van der Waals surface area contributed by atoms with E-state index in [1.807, 2.05) is 13.0 Å². The number of hydrogen-bond donors (Lipinski definition) is 1. The molecule has 174 valence electrons. The predicted molar refractivity (Wildman–Crippen MR) is 120 cm³/mol. The van der Waals surface area contributed by atoms with Gasteiger partial charge in [-0.05, 0) is 31.4 Å². The summed E-state index contributed by atoms with van der Waals surface area (Å²) in [5, 5.41) is 2.86. The average Bonchev–Trinajstić information content (AvgIpc) is 3.53. The van der Waals surface area contributed by atoms with Gasteiger partial charge in [-0.1, -0.05) is 6.08 Å². The van der Waals surface area contributed by atoms with E-state index in [0.29, 0.717) is 24.1 Å². The molecule has 0 radical (unpaired) electrons. The second kappa shape index (κ2) is 9.89. The number of carbonyl (C=O) groups excluding carboxylic acids is 1. The summed E-state index contributed by atoms with van der Waals surface area (Å²) in [5.41, 5.74) is 0.971. The van der Waals surface area contributed by atoms with E-state index in [1.54, 1.807) is 13.2 Å². The fraction of sp³-hybridized carbons (Fsp3) is 0.333. The summed E-state index contributed by atoms with van der Waals surface area (Å²) < 4.78 is 43.7. The molecule has 2 aliphatic rings. The second-order valence-electron chi connectivity index (χ2n) is 8.03. The number of aliphatic imine (C=N–C) groups is 1. The van der Waals surface area contributed by atoms with Crippen LogP contribution < -0.4 is 14.8 Å². The Morgan fingerprint density at radius 2 is 1.85 bits per heavy atom. The molecule has 0 bridgehead atoms. The predicted octanol–water partition coefficient (Wildman–Crippen LogP) is 5.07. The van der Waals surface area contributed by atoms with Crippen molar-refractivity contribution >= 4 is 23.3 Å². The van der Waals surface area contributed by atoms with Gasteiger partial charge in [-0.3, -0.25) is 4.79 Å². The first-order chi connectivity index (χ1) is 15.8. The van der Waals surface area contributed by atoms with Crippen LogP contribution in [0.4, 0.5) is 8.78 Å². The molecule has 2 aromatic rings. The second-order valence-corrected chi connectivity index (χ2v) is 8.30. The van der Waals surface area contributed by atoms with Crippen LogP contribution in [0, 0.1) is 23.5 Å². The lowest BCUT2D eigenvalue weighted by molar-refractivity contribution is 0.0912. The summed E-state index contributed by atoms with van der Waals surface area (Å²) in [6.45, 7) is 2.14. The van der Waals surface area contributed by atoms with Crippen LogP contribution in [0.2, 0.25) is 0 Å². The summed E-state index contributed by atoms with van der Waals surface area (Å²) in [5.74, 6) is -0.110. The number of ether oxygens (including phenoxy) is 3. The lowest BCUT2D eigenvalue weighted by atomic mass is 10.1. The Balaban J connectivity index is 1.60. The smallest absolute Gasteiger partial charge is 0.256 e. The molecule has 1 fully saturated rings. The van der Waals surface area contributed by atoms with E-state index in [4.69, 9.17) is 25.8 Å². The first-order valence-electron chi connectivity index (χ1n) is 10.5. The van der Waals surface area contributed by atoms with Gasteiger partial charge in [0.25, 0.3) is 5.91 Å². The summed E-state index contributed by atoms with van der Waals surface area (Å²) in [6.07, 6.45) is 2.64. The largest absolute Gasteiger partial charge is 0.488 e. The minimum atomic E-state index is -0.776. The van der Waals surface area contributed by atoms with Gasteiger partial charge in [0, 0.05) is 42.9 Å². The maximum absolute atomic E-state index is 13.6. The van der Waals surface area contributed by atoms with Crippen molar-refractivity contribution in [3.8, 4) is 17.2 Å². The number of amides is 1. The first kappa shape index (κ1) is 23.2. The standard InChI is InChI=1S/C24H23ClF2N2O4/c1-13(12-31-2)32-19-4-15(5-20(10-19)33-21-8-16(26)7-17(27)9-21)24(30)29-23-22-6-14(22)3-18(11-25)28-23/h3-5,7-10,13-14,22H,6,11-12H2,1-2H3,(H,28,29,30). The Morgan fingerprint density at radius 1 is 1.15 bits per heavy atom. The van der Waals surface area contributed by atoms with Crippen LogP contribution >= 0.6 is 11.6 Å². The number of rotatable bonds is 8. The van der Waals surface area contributed by atoms with Crippen molar-refractivity contribution in [3.63, 3.8) is 0 Å². The van der Waals surface area contributed by atoms with Crippen molar-refractivity contribution in [1.29, 1.82) is 0 Å². The van der Waals surface area contributed by atoms with Crippen LogP contribution in [-0.2, 0) is 4.74 Å². The molecule has 0 saturated heterocycles. The van der Waals surface area contributed by atoms with Gasteiger partial charge in [0.2, 0.25) is 0 Å². The third kappa shape index (κ3) is 5.89. The SMILES string of the molecule is COCC(C)Oc1cc(Oc2cc(F)cc(F)c2)cc(C(=O)NC2=NC(CCl)=CC3CC23)c1. The number of nitrogens with zero attached hydrogens (tertiary/aromatic N) is 1. The van der Waals surface area contributed by atoms with E-state index in [2.05, 4.69) is 10.3 Å². The zero-order chi connectivity index (χ0) is 23.5. The normalized spacial score (nSPS) is 19.7. The highest BCUT2D eigenvalue weighted by molar-refractivity contribution is 6.19. The van der Waals surface area contributed by atoms with Gasteiger partial charge in [0.1, 0.15) is 40.8 Å². The fourth-order valence-electron chi connectivity index (χ4n) is 3.67. The van der Waals surface area contributed by atoms with Gasteiger partial charge < -0.3 is 19.5 Å². The third-order valence-corrected chi connectivity index (χ3v) is 5.47. The maximum Gasteiger partial charge on any atom is 0.256 e. The molecule has 1 N–H and O–H groups in total. The summed E-state index contributed by atoms with van der Waals surface area (Å²) in [7, 11) is 1.55. The molecule has 0 aromatic heterocycles. The van der Waals surface area contributed by atoms with E-state index in [0.717, 1.165) is 30.3 Å². The molecule has 1 amide bonds. The Hall–Kier alpha value is -2.97. The number of methoxy groups -OCH3 is 1. The minimum absolute atomic E-state index is 0.0460. The molecule has 1 aliphatic carbocycles. The van der Waals surface area contributed by atoms with Gasteiger partial charge in [-0.25, -0.2) is 13.8 Å². The average molecular weight is 477 g/mol. The molecule has 3 atom stereocenters. The van der Waals surface area contributed by atoms with Gasteiger partial charge in [-0.2, -0.15) is 0 Å². The van der Waals surface area contributed by atoms with Crippen LogP contribution in [0.1, 0.15) is 23.7 Å². The Bertz CT molecular complexity index is 1100. The van der Waals surface area contributed by atoms with E-state index < -0.39 is 17.5 Å². The van der Waals surface area contributed by atoms with E-state index in [9.17, 15) is 13.6 Å². The van der Waals surface area contributed by atoms with E-state index in [1.165, 1.54) is 12.1 Å². The summed E-state index contributed by atoms with van der Waals surface area (Å²) in [6, 6.07) is 7.42. The molecular weight excluding hydrogens is 454 g/mol. The van der Waals surface area contributed by atoms with Gasteiger partial charge in [-0.15, -0.1) is 11.6 Å². The van der Waals surface area contributed by atoms with Gasteiger partial charge in [0.05, 0.1) is 18.2 Å². The number of nitrogens with one attached hydrogen (secondary N) is 1. The monoisotopic (exact) mass is 476 g/mol. The van der Waals surface area contributed by atoms with E-state index >= 15 is 0 Å². The van der Waals surface area contributed by atoms with Crippen molar-refractivity contribution in [2.24, 2.45) is 16.8 Å². The van der Waals surface area contributed by atoms with Crippen molar-refractivity contribution in [3.05, 3.63) is 65.4 Å². The van der Waals surface area contributed by atoms with Crippen molar-refractivity contribution in [2.75, 3.05) is 19.6 Å². The van der Waals surface area contributed by atoms with Crippen molar-refractivity contribution < 1.29 is 27.8 Å². The summed E-state index contributed by atoms with van der Waals surface area (Å²) >= 11 is 5.91. The molecule has 4 rings (SSSR count). The quantitative estimate of drug-likeness (QED) is 0.540. The number of hydrogen-bond acceptors (Lipinski definition) is 5. The molecule has 2 aromatic carbocycles. The third-order valence-electron chi connectivity index (χ3n) is 5.19. The molecule has 3 unspecified atom stereocenters. The maximum atomic E-state index is 13.6. The highest BCUT2D eigenvalue weighted by atomic mass is 35.5. The molecule has 1 heterocycles. The van der Waals surface area contributed by atoms with Crippen LogP contribution in [0.15, 0.2) is 53.2 Å². The molecule has 1 aliphatic heterocycles. The van der Waals surface area contributed by atoms with E-state index in [-0.39, 0.29) is 35.0 Å². The lowest BCUT2D eigenvalue weighted by Crippen LogP contribution is -2.33. The van der Waals surface area contributed by atoms with Crippen LogP contribution in [0.25, 0.3) is 0 Å². The highest BCUT2D eigenvalue weighted by Crippen LogP contribution is 2.44. The number of fused-ring (bicyclic) bond motifs is 1. The Morgan fingerprint density at radius 3 is 2.55 bits per heavy atom. The number of amidine groups is 1. The van der Waals surface area contributed by atoms with Gasteiger partial charge in [0.15, 0.2) is 0 Å². The Kier molecular flexibility index (Phi) is 6.95. The minimum Gasteiger partial charge on any atom is -0.488 e. The number of halogens is 3. The zero-order valence-corrected chi connectivity index (χ0v) is 18.9. The van der Waals surface area contributed by atoms with Crippen molar-refractivity contribution in [2.45, 2.75) is 19.4 Å². The zero-order valence-electron chi connectivity index (χ0n) is 18.1. The molecule has 0 spiro atoms. The number of allylic oxidation sites excluding steroid dienone is 2. The lowest BCUT2D eigenvalue weighted by Gasteiger charge is -2.17. The summed E-state index contributed by atoms with van der Waals surface area (Å²) in [4.78, 5) is 17.5. The first-order valence-corrected chi connectivity index (χ1v) is 11.0. The van der Waals surface area contributed by atoms with Gasteiger partial charge >= 0.3 is 0 Å². The molecule has 33 heavy (non-hydrogen) atoms. The van der Waals surface area contributed by atoms with Crippen molar-refractivity contribution in [1.82, 2.24) is 5.32 Å². The molecule has 1 saturated carbocycles. The molecule has 6 nitrogen and oxygen atoms in total.